The molecule has 0 spiro atoms. The first-order valence-corrected chi connectivity index (χ1v) is 10.9. The minimum atomic E-state index is -0.849. The Kier molecular flexibility index (Phi) is 5.20. The molecule has 3 N–H and O–H groups in total. The molecule has 3 aliphatic rings. The highest BCUT2D eigenvalue weighted by molar-refractivity contribution is 5.93. The average molecular weight is 426 g/mol. The third-order valence-corrected chi connectivity index (χ3v) is 6.80. The van der Waals surface area contributed by atoms with Crippen LogP contribution in [0.25, 0.3) is 0 Å². The Morgan fingerprint density at radius 1 is 1.26 bits per heavy atom. The number of aliphatic hydroxyl groups excluding tert-OH is 1. The van der Waals surface area contributed by atoms with Crippen molar-refractivity contribution in [1.29, 1.82) is 0 Å². The molecule has 0 aromatic heterocycles. The molecule has 0 bridgehead atoms. The van der Waals surface area contributed by atoms with Gasteiger partial charge in [-0.15, -0.1) is 0 Å². The van der Waals surface area contributed by atoms with Crippen molar-refractivity contribution >= 4 is 11.6 Å². The van der Waals surface area contributed by atoms with Crippen LogP contribution in [-0.2, 0) is 11.2 Å². The fourth-order valence-electron chi connectivity index (χ4n) is 5.30. The highest BCUT2D eigenvalue weighted by atomic mass is 19.1. The van der Waals surface area contributed by atoms with Gasteiger partial charge >= 0.3 is 0 Å². The van der Waals surface area contributed by atoms with E-state index in [1.807, 2.05) is 18.2 Å². The number of aryl methyl sites for hydroxylation is 1. The van der Waals surface area contributed by atoms with Crippen LogP contribution in [0.4, 0.5) is 10.1 Å². The molecule has 2 aromatic rings. The maximum absolute atomic E-state index is 13.4. The van der Waals surface area contributed by atoms with Gasteiger partial charge in [-0.05, 0) is 42.2 Å². The first kappa shape index (κ1) is 20.4. The quantitative estimate of drug-likeness (QED) is 0.685. The third-order valence-electron chi connectivity index (χ3n) is 6.80. The van der Waals surface area contributed by atoms with Crippen molar-refractivity contribution in [3.63, 3.8) is 0 Å². The number of benzene rings is 2. The number of nitrogens with one attached hydrogen (secondary N) is 1. The molecule has 2 fully saturated rings. The van der Waals surface area contributed by atoms with Crippen molar-refractivity contribution in [1.82, 2.24) is 4.90 Å². The molecule has 7 heteroatoms. The lowest BCUT2D eigenvalue weighted by Crippen LogP contribution is -2.36. The summed E-state index contributed by atoms with van der Waals surface area (Å²) in [5.41, 5.74) is 1.84. The van der Waals surface area contributed by atoms with E-state index in [1.54, 1.807) is 12.1 Å². The number of hydrogen-bond donors (Lipinski definition) is 3. The van der Waals surface area contributed by atoms with Crippen LogP contribution in [0.15, 0.2) is 42.5 Å². The van der Waals surface area contributed by atoms with Crippen molar-refractivity contribution in [3.05, 3.63) is 59.4 Å². The predicted octanol–water partition coefficient (Wildman–Crippen LogP) is 2.65. The van der Waals surface area contributed by atoms with E-state index in [0.29, 0.717) is 51.1 Å². The van der Waals surface area contributed by atoms with Crippen LogP contribution >= 0.6 is 0 Å². The lowest BCUT2D eigenvalue weighted by atomic mass is 9.95. The topological polar surface area (TPSA) is 82.0 Å². The molecule has 1 saturated carbocycles. The van der Waals surface area contributed by atoms with Crippen LogP contribution in [0.1, 0.15) is 36.5 Å². The second kappa shape index (κ2) is 7.89. The van der Waals surface area contributed by atoms with Crippen molar-refractivity contribution in [2.45, 2.75) is 43.5 Å². The number of ether oxygens (including phenoxy) is 1. The lowest BCUT2D eigenvalue weighted by Gasteiger charge is -2.25. The molecule has 4 atom stereocenters. The molecule has 5 rings (SSSR count). The summed E-state index contributed by atoms with van der Waals surface area (Å²) < 4.78 is 19.3. The van der Waals surface area contributed by atoms with Crippen molar-refractivity contribution in [3.8, 4) is 5.75 Å². The number of aliphatic hydroxyl groups is 2. The number of β-amino-alcohol motifs (C(OH)–C–C–N with tert-alkyl or cyclic N) is 2. The number of fused-ring (bicyclic) bond motifs is 2. The Balaban J connectivity index is 1.19. The second-order valence-electron chi connectivity index (χ2n) is 9.11. The van der Waals surface area contributed by atoms with E-state index in [2.05, 4.69) is 10.2 Å². The summed E-state index contributed by atoms with van der Waals surface area (Å²) >= 11 is 0. The fourth-order valence-corrected chi connectivity index (χ4v) is 5.30. The Morgan fingerprint density at radius 3 is 2.94 bits per heavy atom. The molecule has 1 saturated heterocycles. The number of likely N-dealkylation sites (tertiary alicyclic amines) is 1. The number of halogens is 1. The van der Waals surface area contributed by atoms with Crippen molar-refractivity contribution in [2.75, 3.05) is 25.0 Å². The summed E-state index contributed by atoms with van der Waals surface area (Å²) in [6.45, 7) is 1.62. The number of hydrogen-bond acceptors (Lipinski definition) is 5. The highest BCUT2D eigenvalue weighted by Gasteiger charge is 2.52. The predicted molar refractivity (Wildman–Crippen MR) is 113 cm³/mol. The number of rotatable bonds is 5. The molecule has 6 nitrogen and oxygen atoms in total. The monoisotopic (exact) mass is 426 g/mol. The smallest absolute Gasteiger partial charge is 0.224 e. The van der Waals surface area contributed by atoms with E-state index < -0.39 is 11.7 Å². The standard InChI is InChI=1S/C24H27FN2O4/c25-18-2-1-3-19(10-18)31-20-9-17-12-27(14-24(17,30)11-20)13-22(28)16-4-6-21-15(8-16)5-7-23(29)26-21/h1-4,6,8,10,17,20,22,28,30H,5,7,9,11-14H2,(H,26,29)/t17-,20+,22+,24-/m1/s1. The van der Waals surface area contributed by atoms with Crippen LogP contribution in [0, 0.1) is 11.7 Å². The molecule has 2 heterocycles. The van der Waals surface area contributed by atoms with Gasteiger partial charge in [-0.1, -0.05) is 18.2 Å². The number of anilines is 1. The molecule has 2 aromatic carbocycles. The first-order chi connectivity index (χ1) is 14.9. The van der Waals surface area contributed by atoms with E-state index in [-0.39, 0.29) is 23.7 Å². The summed E-state index contributed by atoms with van der Waals surface area (Å²) in [5, 5.41) is 24.8. The summed E-state index contributed by atoms with van der Waals surface area (Å²) in [6, 6.07) is 11.8. The Morgan fingerprint density at radius 2 is 2.13 bits per heavy atom. The molecule has 0 radical (unpaired) electrons. The van der Waals surface area contributed by atoms with Gasteiger partial charge in [0.05, 0.1) is 11.7 Å². The van der Waals surface area contributed by atoms with Gasteiger partial charge in [0.2, 0.25) is 5.91 Å². The first-order valence-electron chi connectivity index (χ1n) is 10.9. The summed E-state index contributed by atoms with van der Waals surface area (Å²) in [7, 11) is 0. The van der Waals surface area contributed by atoms with Gasteiger partial charge in [0, 0.05) is 50.1 Å². The maximum atomic E-state index is 13.4. The minimum absolute atomic E-state index is 0.0253. The van der Waals surface area contributed by atoms with E-state index in [9.17, 15) is 19.4 Å². The van der Waals surface area contributed by atoms with Crippen LogP contribution in [-0.4, -0.2) is 52.4 Å². The molecule has 1 aliphatic carbocycles. The Labute approximate surface area is 180 Å². The molecule has 0 unspecified atom stereocenters. The zero-order chi connectivity index (χ0) is 21.6. The Hall–Kier alpha value is -2.48. The van der Waals surface area contributed by atoms with Crippen molar-refractivity contribution in [2.24, 2.45) is 5.92 Å². The van der Waals surface area contributed by atoms with Gasteiger partial charge in [0.25, 0.3) is 0 Å². The van der Waals surface area contributed by atoms with Crippen molar-refractivity contribution < 1.29 is 24.1 Å². The summed E-state index contributed by atoms with van der Waals surface area (Å²) in [5.74, 6) is 0.248. The second-order valence-corrected chi connectivity index (χ2v) is 9.11. The van der Waals surface area contributed by atoms with Gasteiger partial charge in [0.15, 0.2) is 0 Å². The average Bonchev–Trinajstić information content (AvgIpc) is 3.17. The van der Waals surface area contributed by atoms with Gasteiger partial charge < -0.3 is 20.3 Å². The van der Waals surface area contributed by atoms with Gasteiger partial charge in [-0.2, -0.15) is 0 Å². The SMILES string of the molecule is O=C1CCc2cc([C@@H](O)CN3C[C@H]4C[C@H](Oc5cccc(F)c5)C[C@@]4(O)C3)ccc2N1. The largest absolute Gasteiger partial charge is 0.490 e. The van der Waals surface area contributed by atoms with Crippen LogP contribution in [0.3, 0.4) is 0 Å². The van der Waals surface area contributed by atoms with E-state index >= 15 is 0 Å². The molecule has 31 heavy (non-hydrogen) atoms. The highest BCUT2D eigenvalue weighted by Crippen LogP contribution is 2.43. The molecule has 2 aliphatic heterocycles. The van der Waals surface area contributed by atoms with Crippen LogP contribution < -0.4 is 10.1 Å². The zero-order valence-electron chi connectivity index (χ0n) is 17.3. The molecule has 164 valence electrons. The molecular weight excluding hydrogens is 399 g/mol. The normalized spacial score (nSPS) is 28.7. The molecular formula is C24H27FN2O4. The van der Waals surface area contributed by atoms with Gasteiger partial charge in [0.1, 0.15) is 17.7 Å². The van der Waals surface area contributed by atoms with Gasteiger partial charge in [-0.3, -0.25) is 9.69 Å². The fraction of sp³-hybridized carbons (Fsp3) is 0.458. The van der Waals surface area contributed by atoms with Gasteiger partial charge in [-0.25, -0.2) is 4.39 Å². The van der Waals surface area contributed by atoms with Crippen LogP contribution in [0.2, 0.25) is 0 Å². The number of carbonyl (C=O) groups is 1. The number of amides is 1. The van der Waals surface area contributed by atoms with E-state index in [0.717, 1.165) is 16.8 Å². The van der Waals surface area contributed by atoms with E-state index in [1.165, 1.54) is 12.1 Å². The number of nitrogens with zero attached hydrogens (tertiary/aromatic N) is 1. The molecule has 1 amide bonds. The maximum Gasteiger partial charge on any atom is 0.224 e. The van der Waals surface area contributed by atoms with E-state index in [4.69, 9.17) is 4.74 Å². The summed E-state index contributed by atoms with van der Waals surface area (Å²) in [4.78, 5) is 13.6. The Bertz CT molecular complexity index is 999. The lowest BCUT2D eigenvalue weighted by molar-refractivity contribution is -0.116. The van der Waals surface area contributed by atoms with Crippen LogP contribution in [0.5, 0.6) is 5.75 Å². The third kappa shape index (κ3) is 4.18. The number of carbonyl (C=O) groups excluding carboxylic acids is 1. The minimum Gasteiger partial charge on any atom is -0.490 e. The summed E-state index contributed by atoms with van der Waals surface area (Å²) in [6.07, 6.45) is 1.55. The zero-order valence-corrected chi connectivity index (χ0v) is 17.3.